The molecule has 1 heterocycles. The zero-order valence-electron chi connectivity index (χ0n) is 10.8. The highest BCUT2D eigenvalue weighted by Gasteiger charge is 2.03. The van der Waals surface area contributed by atoms with E-state index in [4.69, 9.17) is 9.47 Å². The minimum absolute atomic E-state index is 0.575. The minimum Gasteiger partial charge on any atom is -0.490 e. The quantitative estimate of drug-likeness (QED) is 0.786. The van der Waals surface area contributed by atoms with Gasteiger partial charge in [-0.2, -0.15) is 5.10 Å². The van der Waals surface area contributed by atoms with E-state index >= 15 is 0 Å². The fourth-order valence-corrected chi connectivity index (χ4v) is 1.68. The van der Waals surface area contributed by atoms with Gasteiger partial charge < -0.3 is 9.47 Å². The van der Waals surface area contributed by atoms with Crippen LogP contribution in [-0.2, 0) is 6.54 Å². The van der Waals surface area contributed by atoms with Crippen molar-refractivity contribution in [2.75, 3.05) is 13.2 Å². The van der Waals surface area contributed by atoms with Crippen molar-refractivity contribution in [3.63, 3.8) is 0 Å². The van der Waals surface area contributed by atoms with Gasteiger partial charge in [-0.3, -0.25) is 4.68 Å². The molecule has 0 atom stereocenters. The van der Waals surface area contributed by atoms with E-state index in [1.165, 1.54) is 0 Å². The molecule has 0 radical (unpaired) electrons. The predicted molar refractivity (Wildman–Crippen MR) is 70.1 cm³/mol. The molecule has 0 saturated heterocycles. The summed E-state index contributed by atoms with van der Waals surface area (Å²) in [6.07, 6.45) is 1.95. The summed E-state index contributed by atoms with van der Waals surface area (Å²) in [5, 5.41) is 4.31. The van der Waals surface area contributed by atoms with Gasteiger partial charge in [-0.1, -0.05) is 12.1 Å². The van der Waals surface area contributed by atoms with Crippen LogP contribution >= 0.6 is 0 Å². The van der Waals surface area contributed by atoms with Crippen LogP contribution in [0.15, 0.2) is 36.5 Å². The lowest BCUT2D eigenvalue weighted by atomic mass is 10.3. The highest BCUT2D eigenvalue weighted by molar-refractivity contribution is 5.39. The highest BCUT2D eigenvalue weighted by Crippen LogP contribution is 2.26. The summed E-state index contributed by atoms with van der Waals surface area (Å²) in [5.41, 5.74) is 1.02. The summed E-state index contributed by atoms with van der Waals surface area (Å²) in [6, 6.07) is 9.69. The van der Waals surface area contributed by atoms with Gasteiger partial charge in [-0.25, -0.2) is 0 Å². The Morgan fingerprint density at radius 1 is 1.11 bits per heavy atom. The van der Waals surface area contributed by atoms with E-state index in [-0.39, 0.29) is 0 Å². The summed E-state index contributed by atoms with van der Waals surface area (Å²) in [5.74, 6) is 1.57. The first-order valence-electron chi connectivity index (χ1n) is 6.14. The topological polar surface area (TPSA) is 36.3 Å². The predicted octanol–water partition coefficient (Wildman–Crippen LogP) is 2.67. The van der Waals surface area contributed by atoms with Crippen molar-refractivity contribution < 1.29 is 9.47 Å². The molecule has 0 aliphatic carbocycles. The summed E-state index contributed by atoms with van der Waals surface area (Å²) in [7, 11) is 0. The summed E-state index contributed by atoms with van der Waals surface area (Å²) in [4.78, 5) is 0. The van der Waals surface area contributed by atoms with Gasteiger partial charge in [-0.05, 0) is 32.0 Å². The monoisotopic (exact) mass is 246 g/mol. The van der Waals surface area contributed by atoms with Crippen LogP contribution in [0.3, 0.4) is 0 Å². The summed E-state index contributed by atoms with van der Waals surface area (Å²) < 4.78 is 13.1. The van der Waals surface area contributed by atoms with E-state index in [9.17, 15) is 0 Å². The molecule has 0 bridgehead atoms. The average molecular weight is 246 g/mol. The molecule has 0 aliphatic rings. The molecule has 0 N–H and O–H groups in total. The van der Waals surface area contributed by atoms with Gasteiger partial charge in [0.05, 0.1) is 18.8 Å². The Hall–Kier alpha value is -1.97. The van der Waals surface area contributed by atoms with Crippen molar-refractivity contribution in [1.29, 1.82) is 0 Å². The molecule has 0 fully saturated rings. The molecule has 96 valence electrons. The van der Waals surface area contributed by atoms with E-state index < -0.39 is 0 Å². The maximum absolute atomic E-state index is 5.72. The number of para-hydroxylation sites is 2. The van der Waals surface area contributed by atoms with E-state index in [1.807, 2.05) is 55.1 Å². The fraction of sp³-hybridized carbons (Fsp3) is 0.357. The Bertz CT molecular complexity index is 494. The molecule has 1 aromatic carbocycles. The molecule has 4 nitrogen and oxygen atoms in total. The zero-order chi connectivity index (χ0) is 12.8. The Kier molecular flexibility index (Phi) is 4.23. The number of ether oxygens (including phenoxy) is 2. The molecule has 18 heavy (non-hydrogen) atoms. The standard InChI is InChI=1S/C14H18N2O2/c1-3-17-13-6-4-5-7-14(13)18-11-10-16-9-8-12(2)15-16/h4-9H,3,10-11H2,1-2H3. The Labute approximate surface area is 107 Å². The van der Waals surface area contributed by atoms with Crippen LogP contribution in [0.25, 0.3) is 0 Å². The van der Waals surface area contributed by atoms with E-state index in [0.29, 0.717) is 13.2 Å². The fourth-order valence-electron chi connectivity index (χ4n) is 1.68. The van der Waals surface area contributed by atoms with Crippen LogP contribution in [0.4, 0.5) is 0 Å². The van der Waals surface area contributed by atoms with Crippen LogP contribution < -0.4 is 9.47 Å². The molecule has 0 amide bonds. The third kappa shape index (κ3) is 3.26. The van der Waals surface area contributed by atoms with Crippen LogP contribution in [0.2, 0.25) is 0 Å². The lowest BCUT2D eigenvalue weighted by Gasteiger charge is -2.11. The first kappa shape index (κ1) is 12.5. The number of benzene rings is 1. The van der Waals surface area contributed by atoms with Gasteiger partial charge >= 0.3 is 0 Å². The molecule has 0 unspecified atom stereocenters. The lowest BCUT2D eigenvalue weighted by molar-refractivity contribution is 0.262. The Morgan fingerprint density at radius 3 is 2.44 bits per heavy atom. The van der Waals surface area contributed by atoms with Gasteiger partial charge in [0.2, 0.25) is 0 Å². The first-order chi connectivity index (χ1) is 8.79. The maximum Gasteiger partial charge on any atom is 0.161 e. The smallest absolute Gasteiger partial charge is 0.161 e. The van der Waals surface area contributed by atoms with Crippen LogP contribution in [-0.4, -0.2) is 23.0 Å². The number of aromatic nitrogens is 2. The van der Waals surface area contributed by atoms with Crippen molar-refractivity contribution in [1.82, 2.24) is 9.78 Å². The minimum atomic E-state index is 0.575. The molecule has 0 aliphatic heterocycles. The van der Waals surface area contributed by atoms with E-state index in [2.05, 4.69) is 5.10 Å². The average Bonchev–Trinajstić information content (AvgIpc) is 2.78. The van der Waals surface area contributed by atoms with Gasteiger partial charge in [-0.15, -0.1) is 0 Å². The van der Waals surface area contributed by atoms with Crippen molar-refractivity contribution in [2.24, 2.45) is 0 Å². The molecule has 4 heteroatoms. The largest absolute Gasteiger partial charge is 0.490 e. The normalized spacial score (nSPS) is 10.3. The zero-order valence-corrected chi connectivity index (χ0v) is 10.8. The van der Waals surface area contributed by atoms with Gasteiger partial charge in [0.15, 0.2) is 11.5 Å². The second-order valence-corrected chi connectivity index (χ2v) is 3.95. The van der Waals surface area contributed by atoms with E-state index in [1.54, 1.807) is 0 Å². The van der Waals surface area contributed by atoms with E-state index in [0.717, 1.165) is 23.7 Å². The van der Waals surface area contributed by atoms with Crippen molar-refractivity contribution in [2.45, 2.75) is 20.4 Å². The second-order valence-electron chi connectivity index (χ2n) is 3.95. The number of aryl methyl sites for hydroxylation is 1. The Balaban J connectivity index is 1.89. The van der Waals surface area contributed by atoms with Gasteiger partial charge in [0, 0.05) is 6.20 Å². The lowest BCUT2D eigenvalue weighted by Crippen LogP contribution is -2.09. The van der Waals surface area contributed by atoms with Crippen molar-refractivity contribution in [3.05, 3.63) is 42.2 Å². The highest BCUT2D eigenvalue weighted by atomic mass is 16.5. The molecule has 0 saturated carbocycles. The van der Waals surface area contributed by atoms with Gasteiger partial charge in [0.1, 0.15) is 6.61 Å². The number of rotatable bonds is 6. The SMILES string of the molecule is CCOc1ccccc1OCCn1ccc(C)n1. The third-order valence-corrected chi connectivity index (χ3v) is 2.50. The van der Waals surface area contributed by atoms with Crippen molar-refractivity contribution >= 4 is 0 Å². The first-order valence-corrected chi connectivity index (χ1v) is 6.14. The molecule has 2 rings (SSSR count). The number of hydrogen-bond donors (Lipinski definition) is 0. The maximum atomic E-state index is 5.72. The van der Waals surface area contributed by atoms with Crippen LogP contribution in [0.5, 0.6) is 11.5 Å². The van der Waals surface area contributed by atoms with Crippen molar-refractivity contribution in [3.8, 4) is 11.5 Å². The summed E-state index contributed by atoms with van der Waals surface area (Å²) in [6.45, 7) is 5.88. The molecule has 0 spiro atoms. The summed E-state index contributed by atoms with van der Waals surface area (Å²) >= 11 is 0. The van der Waals surface area contributed by atoms with Crippen LogP contribution in [0.1, 0.15) is 12.6 Å². The number of nitrogens with zero attached hydrogens (tertiary/aromatic N) is 2. The molecule has 2 aromatic rings. The Morgan fingerprint density at radius 2 is 1.83 bits per heavy atom. The van der Waals surface area contributed by atoms with Crippen LogP contribution in [0, 0.1) is 6.92 Å². The molecular formula is C14H18N2O2. The molecule has 1 aromatic heterocycles. The van der Waals surface area contributed by atoms with Gasteiger partial charge in [0.25, 0.3) is 0 Å². The second kappa shape index (κ2) is 6.10. The number of hydrogen-bond acceptors (Lipinski definition) is 3. The third-order valence-electron chi connectivity index (χ3n) is 2.50. The molecular weight excluding hydrogens is 228 g/mol.